The highest BCUT2D eigenvalue weighted by molar-refractivity contribution is 5.70. The van der Waals surface area contributed by atoms with Crippen LogP contribution in [-0.2, 0) is 0 Å². The second-order valence-corrected chi connectivity index (χ2v) is 5.98. The van der Waals surface area contributed by atoms with Crippen LogP contribution in [0.25, 0.3) is 11.3 Å². The third-order valence-corrected chi connectivity index (χ3v) is 3.95. The normalized spacial score (nSPS) is 10.5. The van der Waals surface area contributed by atoms with Crippen molar-refractivity contribution in [1.29, 1.82) is 0 Å². The lowest BCUT2D eigenvalue weighted by atomic mass is 10.1. The van der Waals surface area contributed by atoms with Gasteiger partial charge in [-0.3, -0.25) is 0 Å². The second kappa shape index (κ2) is 6.71. The van der Waals surface area contributed by atoms with E-state index in [2.05, 4.69) is 53.5 Å². The number of aryl methyl sites for hydroxylation is 3. The van der Waals surface area contributed by atoms with E-state index in [1.165, 1.54) is 16.7 Å². The minimum absolute atomic E-state index is 0.598. The van der Waals surface area contributed by atoms with Crippen LogP contribution in [0.2, 0.25) is 0 Å². The van der Waals surface area contributed by atoms with Gasteiger partial charge in [0.25, 0.3) is 0 Å². The molecule has 0 aliphatic heterocycles. The number of aromatic nitrogens is 2. The van der Waals surface area contributed by atoms with Gasteiger partial charge >= 0.3 is 0 Å². The van der Waals surface area contributed by atoms with Gasteiger partial charge < -0.3 is 10.6 Å². The molecule has 4 nitrogen and oxygen atoms in total. The zero-order valence-electron chi connectivity index (χ0n) is 14.5. The van der Waals surface area contributed by atoms with Crippen LogP contribution < -0.4 is 10.6 Å². The van der Waals surface area contributed by atoms with Crippen LogP contribution in [0.1, 0.15) is 16.7 Å². The van der Waals surface area contributed by atoms with E-state index in [0.717, 1.165) is 22.8 Å². The minimum atomic E-state index is 0.598. The molecule has 0 fully saturated rings. The van der Waals surface area contributed by atoms with Crippen molar-refractivity contribution in [3.63, 3.8) is 0 Å². The van der Waals surface area contributed by atoms with Gasteiger partial charge in [0.2, 0.25) is 5.95 Å². The first kappa shape index (κ1) is 16.0. The van der Waals surface area contributed by atoms with Crippen molar-refractivity contribution in [2.45, 2.75) is 20.8 Å². The Morgan fingerprint density at radius 3 is 2.12 bits per heavy atom. The van der Waals surface area contributed by atoms with E-state index in [1.807, 2.05) is 43.4 Å². The SMILES string of the molecule is CNc1nc(Nc2c(C)cc(C)cc2C)cc(-c2ccccc2)n1. The molecule has 0 saturated heterocycles. The predicted molar refractivity (Wildman–Crippen MR) is 101 cm³/mol. The number of rotatable bonds is 4. The topological polar surface area (TPSA) is 49.8 Å². The van der Waals surface area contributed by atoms with Gasteiger partial charge in [0, 0.05) is 24.4 Å². The summed E-state index contributed by atoms with van der Waals surface area (Å²) in [6.45, 7) is 6.34. The van der Waals surface area contributed by atoms with Gasteiger partial charge in [0.15, 0.2) is 0 Å². The van der Waals surface area contributed by atoms with Gasteiger partial charge in [-0.25, -0.2) is 4.98 Å². The molecule has 0 unspecified atom stereocenters. The van der Waals surface area contributed by atoms with Gasteiger partial charge in [0.05, 0.1) is 5.69 Å². The smallest absolute Gasteiger partial charge is 0.224 e. The zero-order chi connectivity index (χ0) is 17.1. The van der Waals surface area contributed by atoms with Crippen molar-refractivity contribution in [2.75, 3.05) is 17.7 Å². The molecule has 2 N–H and O–H groups in total. The van der Waals surface area contributed by atoms with E-state index in [1.54, 1.807) is 0 Å². The van der Waals surface area contributed by atoms with Crippen LogP contribution in [-0.4, -0.2) is 17.0 Å². The third-order valence-electron chi connectivity index (χ3n) is 3.95. The number of hydrogen-bond donors (Lipinski definition) is 2. The maximum atomic E-state index is 4.56. The first-order chi connectivity index (χ1) is 11.6. The summed E-state index contributed by atoms with van der Waals surface area (Å²) in [5.41, 5.74) is 6.73. The van der Waals surface area contributed by atoms with Crippen molar-refractivity contribution in [3.8, 4) is 11.3 Å². The standard InChI is InChI=1S/C20H22N4/c1-13-10-14(2)19(15(3)11-13)23-18-12-17(22-20(21-4)24-18)16-8-6-5-7-9-16/h5-12H,1-4H3,(H2,21,22,23,24). The molecule has 3 rings (SSSR count). The molecule has 122 valence electrons. The van der Waals surface area contributed by atoms with Gasteiger partial charge in [-0.1, -0.05) is 48.0 Å². The van der Waals surface area contributed by atoms with E-state index in [-0.39, 0.29) is 0 Å². The Morgan fingerprint density at radius 1 is 0.833 bits per heavy atom. The third kappa shape index (κ3) is 3.38. The van der Waals surface area contributed by atoms with Crippen LogP contribution >= 0.6 is 0 Å². The van der Waals surface area contributed by atoms with Crippen molar-refractivity contribution in [1.82, 2.24) is 9.97 Å². The minimum Gasteiger partial charge on any atom is -0.357 e. The van der Waals surface area contributed by atoms with E-state index in [0.29, 0.717) is 5.95 Å². The summed E-state index contributed by atoms with van der Waals surface area (Å²) >= 11 is 0. The Balaban J connectivity index is 2.03. The molecule has 0 saturated carbocycles. The van der Waals surface area contributed by atoms with Crippen LogP contribution in [0.3, 0.4) is 0 Å². The Kier molecular flexibility index (Phi) is 4.47. The Bertz CT molecular complexity index is 834. The fourth-order valence-corrected chi connectivity index (χ4v) is 2.89. The molecule has 1 aromatic heterocycles. The molecule has 4 heteroatoms. The molecule has 24 heavy (non-hydrogen) atoms. The Morgan fingerprint density at radius 2 is 1.50 bits per heavy atom. The lowest BCUT2D eigenvalue weighted by molar-refractivity contribution is 1.15. The fraction of sp³-hybridized carbons (Fsp3) is 0.200. The van der Waals surface area contributed by atoms with Crippen molar-refractivity contribution < 1.29 is 0 Å². The molecular formula is C20H22N4. The van der Waals surface area contributed by atoms with E-state index in [4.69, 9.17) is 0 Å². The number of anilines is 3. The van der Waals surface area contributed by atoms with Gasteiger partial charge in [0.1, 0.15) is 5.82 Å². The van der Waals surface area contributed by atoms with E-state index < -0.39 is 0 Å². The number of nitrogens with zero attached hydrogens (tertiary/aromatic N) is 2. The molecule has 0 aliphatic carbocycles. The summed E-state index contributed by atoms with van der Waals surface area (Å²) < 4.78 is 0. The number of hydrogen-bond acceptors (Lipinski definition) is 4. The highest BCUT2D eigenvalue weighted by Crippen LogP contribution is 2.27. The molecule has 3 aromatic rings. The van der Waals surface area contributed by atoms with Crippen molar-refractivity contribution in [3.05, 3.63) is 65.2 Å². The average Bonchev–Trinajstić information content (AvgIpc) is 2.58. The monoisotopic (exact) mass is 318 g/mol. The van der Waals surface area contributed by atoms with Crippen LogP contribution in [0.5, 0.6) is 0 Å². The van der Waals surface area contributed by atoms with Gasteiger partial charge in [-0.15, -0.1) is 0 Å². The molecule has 0 bridgehead atoms. The van der Waals surface area contributed by atoms with Crippen molar-refractivity contribution in [2.24, 2.45) is 0 Å². The molecule has 0 amide bonds. The average molecular weight is 318 g/mol. The van der Waals surface area contributed by atoms with Crippen LogP contribution in [0, 0.1) is 20.8 Å². The van der Waals surface area contributed by atoms with Crippen LogP contribution in [0.15, 0.2) is 48.5 Å². The molecular weight excluding hydrogens is 296 g/mol. The molecule has 0 spiro atoms. The van der Waals surface area contributed by atoms with E-state index >= 15 is 0 Å². The maximum Gasteiger partial charge on any atom is 0.224 e. The Labute approximate surface area is 143 Å². The predicted octanol–water partition coefficient (Wildman–Crippen LogP) is 4.85. The first-order valence-electron chi connectivity index (χ1n) is 8.04. The lowest BCUT2D eigenvalue weighted by Crippen LogP contribution is -2.04. The fourth-order valence-electron chi connectivity index (χ4n) is 2.89. The summed E-state index contributed by atoms with van der Waals surface area (Å²) in [6.07, 6.45) is 0. The number of nitrogens with one attached hydrogen (secondary N) is 2. The Hall–Kier alpha value is -2.88. The molecule has 1 heterocycles. The quantitative estimate of drug-likeness (QED) is 0.721. The highest BCUT2D eigenvalue weighted by atomic mass is 15.1. The largest absolute Gasteiger partial charge is 0.357 e. The first-order valence-corrected chi connectivity index (χ1v) is 8.04. The van der Waals surface area contributed by atoms with Crippen LogP contribution in [0.4, 0.5) is 17.5 Å². The van der Waals surface area contributed by atoms with Crippen molar-refractivity contribution >= 4 is 17.5 Å². The van der Waals surface area contributed by atoms with Gasteiger partial charge in [-0.05, 0) is 31.9 Å². The summed E-state index contributed by atoms with van der Waals surface area (Å²) in [7, 11) is 1.83. The second-order valence-electron chi connectivity index (χ2n) is 5.98. The maximum absolute atomic E-state index is 4.56. The van der Waals surface area contributed by atoms with Gasteiger partial charge in [-0.2, -0.15) is 4.98 Å². The summed E-state index contributed by atoms with van der Waals surface area (Å²) in [6, 6.07) is 16.5. The summed E-state index contributed by atoms with van der Waals surface area (Å²) in [5, 5.41) is 6.50. The molecule has 0 aliphatic rings. The molecule has 0 atom stereocenters. The molecule has 0 radical (unpaired) electrons. The summed E-state index contributed by atoms with van der Waals surface area (Å²) in [4.78, 5) is 9.10. The molecule has 2 aromatic carbocycles. The zero-order valence-corrected chi connectivity index (χ0v) is 14.5. The lowest BCUT2D eigenvalue weighted by Gasteiger charge is -2.15. The number of benzene rings is 2. The highest BCUT2D eigenvalue weighted by Gasteiger charge is 2.09. The van der Waals surface area contributed by atoms with E-state index in [9.17, 15) is 0 Å². The summed E-state index contributed by atoms with van der Waals surface area (Å²) in [5.74, 6) is 1.38.